The number of nitrogens with one attached hydrogen (secondary N) is 2. The summed E-state index contributed by atoms with van der Waals surface area (Å²) in [6.07, 6.45) is 7.82. The molecule has 8 nitrogen and oxygen atoms in total. The van der Waals surface area contributed by atoms with E-state index >= 15 is 0 Å². The van der Waals surface area contributed by atoms with Gasteiger partial charge >= 0.3 is 6.09 Å². The highest BCUT2D eigenvalue weighted by Gasteiger charge is 2.44. The zero-order valence-corrected chi connectivity index (χ0v) is 20.8. The average Bonchev–Trinajstić information content (AvgIpc) is 3.59. The van der Waals surface area contributed by atoms with Gasteiger partial charge in [0.25, 0.3) is 0 Å². The minimum atomic E-state index is -1.25. The Kier molecular flexibility index (Phi) is 9.51. The Morgan fingerprint density at radius 2 is 1.82 bits per heavy atom. The Morgan fingerprint density at radius 1 is 1.21 bits per heavy atom. The van der Waals surface area contributed by atoms with E-state index in [4.69, 9.17) is 11.2 Å². The molecule has 0 radical (unpaired) electrons. The predicted molar refractivity (Wildman–Crippen MR) is 130 cm³/mol. The van der Waals surface area contributed by atoms with Gasteiger partial charge < -0.3 is 25.4 Å². The number of hydrogen-bond donors (Lipinski definition) is 3. The van der Waals surface area contributed by atoms with Crippen molar-refractivity contribution in [1.29, 1.82) is 0 Å². The molecule has 3 unspecified atom stereocenters. The lowest BCUT2D eigenvalue weighted by molar-refractivity contribution is -0.144. The second-order valence-electron chi connectivity index (χ2n) is 9.73. The number of hydrogen-bond acceptors (Lipinski definition) is 5. The highest BCUT2D eigenvalue weighted by molar-refractivity contribution is 5.92. The summed E-state index contributed by atoms with van der Waals surface area (Å²) in [4.78, 5) is 40.8. The number of aliphatic hydroxyl groups excluding tert-OH is 1. The maximum Gasteiger partial charge on any atom is 0.408 e. The summed E-state index contributed by atoms with van der Waals surface area (Å²) in [5.41, 5.74) is 0.501. The Labute approximate surface area is 202 Å². The topological polar surface area (TPSA) is 108 Å². The summed E-state index contributed by atoms with van der Waals surface area (Å²) >= 11 is 0. The number of rotatable bonds is 10. The molecule has 0 aliphatic heterocycles. The van der Waals surface area contributed by atoms with Gasteiger partial charge in [-0.15, -0.1) is 6.42 Å². The largest absolute Gasteiger partial charge is 0.444 e. The van der Waals surface area contributed by atoms with E-state index in [1.165, 1.54) is 4.90 Å². The molecule has 0 bridgehead atoms. The minimum absolute atomic E-state index is 0.0744. The van der Waals surface area contributed by atoms with Crippen molar-refractivity contribution in [1.82, 2.24) is 15.5 Å². The number of alkyl carbamates (subject to hydrolysis) is 1. The van der Waals surface area contributed by atoms with E-state index in [1.807, 2.05) is 13.8 Å². The van der Waals surface area contributed by atoms with E-state index in [0.717, 1.165) is 25.7 Å². The summed E-state index contributed by atoms with van der Waals surface area (Å²) in [6.45, 7) is 8.44. The van der Waals surface area contributed by atoms with Gasteiger partial charge in [-0.1, -0.05) is 31.4 Å². The standard InChI is InChI=1S/C26H37N3O5/c1-7-9-17(3)27-23(31)22(19-12-10-18(8-2)11-13-19)29(20-14-15-20)24(32)21(16-30)28-25(33)34-26(4,5)6/h2,10-13,17,20-22,30H,7,9,14-16H2,1,3-6H3,(H,27,31)(H,28,33). The smallest absolute Gasteiger partial charge is 0.408 e. The number of carbonyl (C=O) groups is 3. The van der Waals surface area contributed by atoms with Crippen molar-refractivity contribution in [2.45, 2.75) is 90.1 Å². The molecule has 34 heavy (non-hydrogen) atoms. The van der Waals surface area contributed by atoms with Gasteiger partial charge in [0, 0.05) is 17.6 Å². The van der Waals surface area contributed by atoms with Crippen molar-refractivity contribution in [3.63, 3.8) is 0 Å². The van der Waals surface area contributed by atoms with E-state index in [0.29, 0.717) is 11.1 Å². The third-order valence-electron chi connectivity index (χ3n) is 5.40. The van der Waals surface area contributed by atoms with E-state index in [-0.39, 0.29) is 18.0 Å². The van der Waals surface area contributed by atoms with Crippen LogP contribution in [-0.2, 0) is 14.3 Å². The van der Waals surface area contributed by atoms with Crippen molar-refractivity contribution in [2.24, 2.45) is 0 Å². The number of nitrogens with zero attached hydrogens (tertiary/aromatic N) is 1. The molecule has 1 aliphatic carbocycles. The van der Waals surface area contributed by atoms with Gasteiger partial charge in [0.05, 0.1) is 6.61 Å². The van der Waals surface area contributed by atoms with Crippen molar-refractivity contribution < 1.29 is 24.2 Å². The summed E-state index contributed by atoms with van der Waals surface area (Å²) in [5, 5.41) is 15.4. The average molecular weight is 472 g/mol. The predicted octanol–water partition coefficient (Wildman–Crippen LogP) is 2.89. The van der Waals surface area contributed by atoms with Gasteiger partial charge in [0.15, 0.2) is 0 Å². The lowest BCUT2D eigenvalue weighted by atomic mass is 10.0. The van der Waals surface area contributed by atoms with Crippen molar-refractivity contribution in [2.75, 3.05) is 6.61 Å². The summed E-state index contributed by atoms with van der Waals surface area (Å²) in [6, 6.07) is 4.50. The monoisotopic (exact) mass is 471 g/mol. The van der Waals surface area contributed by atoms with Crippen LogP contribution >= 0.6 is 0 Å². The Balaban J connectivity index is 2.38. The van der Waals surface area contributed by atoms with E-state index in [1.54, 1.807) is 45.0 Å². The molecule has 3 amide bonds. The maximum atomic E-state index is 13.6. The molecule has 0 aromatic heterocycles. The van der Waals surface area contributed by atoms with Crippen LogP contribution in [0, 0.1) is 12.3 Å². The van der Waals surface area contributed by atoms with Gasteiger partial charge in [-0.25, -0.2) is 4.79 Å². The van der Waals surface area contributed by atoms with Crippen LogP contribution in [0.15, 0.2) is 24.3 Å². The first kappa shape index (κ1) is 27.2. The minimum Gasteiger partial charge on any atom is -0.444 e. The molecule has 0 spiro atoms. The molecule has 0 saturated heterocycles. The van der Waals surface area contributed by atoms with E-state index in [2.05, 4.69) is 16.6 Å². The van der Waals surface area contributed by atoms with Crippen LogP contribution in [0.2, 0.25) is 0 Å². The van der Waals surface area contributed by atoms with Crippen molar-refractivity contribution >= 4 is 17.9 Å². The Morgan fingerprint density at radius 3 is 2.29 bits per heavy atom. The zero-order chi connectivity index (χ0) is 25.5. The Hall–Kier alpha value is -3.05. The molecule has 0 heterocycles. The van der Waals surface area contributed by atoms with Crippen LogP contribution in [0.25, 0.3) is 0 Å². The normalized spacial score (nSPS) is 15.9. The van der Waals surface area contributed by atoms with Crippen LogP contribution in [0.4, 0.5) is 4.79 Å². The van der Waals surface area contributed by atoms with Crippen molar-refractivity contribution in [3.8, 4) is 12.3 Å². The second-order valence-corrected chi connectivity index (χ2v) is 9.73. The van der Waals surface area contributed by atoms with Crippen LogP contribution in [0.1, 0.15) is 77.5 Å². The molecule has 2 rings (SSSR count). The lowest BCUT2D eigenvalue weighted by Gasteiger charge is -2.35. The van der Waals surface area contributed by atoms with Gasteiger partial charge in [-0.05, 0) is 64.7 Å². The van der Waals surface area contributed by atoms with Crippen LogP contribution in [0.5, 0.6) is 0 Å². The van der Waals surface area contributed by atoms with Crippen molar-refractivity contribution in [3.05, 3.63) is 35.4 Å². The molecular formula is C26H37N3O5. The number of amides is 3. The van der Waals surface area contributed by atoms with Gasteiger partial charge in [0.1, 0.15) is 17.7 Å². The number of benzene rings is 1. The molecule has 8 heteroatoms. The number of carbonyl (C=O) groups excluding carboxylic acids is 3. The fourth-order valence-corrected chi connectivity index (χ4v) is 3.71. The summed E-state index contributed by atoms with van der Waals surface area (Å²) < 4.78 is 5.24. The Bertz CT molecular complexity index is 896. The lowest BCUT2D eigenvalue weighted by Crippen LogP contribution is -2.55. The molecule has 1 aliphatic rings. The van der Waals surface area contributed by atoms with Crippen LogP contribution in [0.3, 0.4) is 0 Å². The number of ether oxygens (including phenoxy) is 1. The molecule has 1 aromatic carbocycles. The molecule has 3 atom stereocenters. The molecule has 186 valence electrons. The highest BCUT2D eigenvalue weighted by atomic mass is 16.6. The van der Waals surface area contributed by atoms with Gasteiger partial charge in [-0.3, -0.25) is 9.59 Å². The van der Waals surface area contributed by atoms with Crippen LogP contribution < -0.4 is 10.6 Å². The van der Waals surface area contributed by atoms with Gasteiger partial charge in [-0.2, -0.15) is 0 Å². The third-order valence-corrected chi connectivity index (χ3v) is 5.40. The first-order chi connectivity index (χ1) is 16.0. The number of aliphatic hydroxyl groups is 1. The second kappa shape index (κ2) is 11.9. The molecule has 3 N–H and O–H groups in total. The van der Waals surface area contributed by atoms with Gasteiger partial charge in [0.2, 0.25) is 11.8 Å². The van der Waals surface area contributed by atoms with Crippen LogP contribution in [-0.4, -0.2) is 58.2 Å². The maximum absolute atomic E-state index is 13.6. The quantitative estimate of drug-likeness (QED) is 0.455. The highest BCUT2D eigenvalue weighted by Crippen LogP contribution is 2.35. The molecule has 1 saturated carbocycles. The zero-order valence-electron chi connectivity index (χ0n) is 20.8. The first-order valence-electron chi connectivity index (χ1n) is 11.8. The first-order valence-corrected chi connectivity index (χ1v) is 11.8. The molecule has 1 fully saturated rings. The van der Waals surface area contributed by atoms with E-state index < -0.39 is 36.3 Å². The fourth-order valence-electron chi connectivity index (χ4n) is 3.71. The summed E-state index contributed by atoms with van der Waals surface area (Å²) in [7, 11) is 0. The third kappa shape index (κ3) is 7.77. The molecular weight excluding hydrogens is 434 g/mol. The fraction of sp³-hybridized carbons (Fsp3) is 0.577. The van der Waals surface area contributed by atoms with E-state index in [9.17, 15) is 19.5 Å². The molecule has 1 aromatic rings. The SMILES string of the molecule is C#Cc1ccc(C(C(=O)NC(C)CCC)N(C(=O)C(CO)NC(=O)OC(C)(C)C)C2CC2)cc1. The summed E-state index contributed by atoms with van der Waals surface area (Å²) in [5.74, 6) is 1.69. The number of terminal acetylenes is 1.